The minimum atomic E-state index is 0.0614. The molecular formula is C16H13ClN4O2S. The molecule has 0 spiro atoms. The van der Waals surface area contributed by atoms with Gasteiger partial charge in [-0.1, -0.05) is 23.7 Å². The van der Waals surface area contributed by atoms with Gasteiger partial charge in [0.2, 0.25) is 4.77 Å². The Bertz CT molecular complexity index is 965. The van der Waals surface area contributed by atoms with Gasteiger partial charge < -0.3 is 9.84 Å². The van der Waals surface area contributed by atoms with E-state index in [1.165, 1.54) is 17.9 Å². The van der Waals surface area contributed by atoms with Crippen LogP contribution in [0.15, 0.2) is 47.6 Å². The number of hydrogen-bond acceptors (Lipinski definition) is 5. The molecule has 0 amide bonds. The van der Waals surface area contributed by atoms with E-state index in [4.69, 9.17) is 28.6 Å². The van der Waals surface area contributed by atoms with Crippen molar-refractivity contribution in [3.63, 3.8) is 0 Å². The molecule has 24 heavy (non-hydrogen) atoms. The van der Waals surface area contributed by atoms with Crippen LogP contribution in [-0.4, -0.2) is 33.3 Å². The fourth-order valence-corrected chi connectivity index (χ4v) is 2.51. The summed E-state index contributed by atoms with van der Waals surface area (Å²) < 4.78 is 6.90. The van der Waals surface area contributed by atoms with E-state index in [-0.39, 0.29) is 5.75 Å². The third-order valence-electron chi connectivity index (χ3n) is 3.29. The third-order valence-corrected chi connectivity index (χ3v) is 3.89. The first-order valence-electron chi connectivity index (χ1n) is 6.94. The van der Waals surface area contributed by atoms with Gasteiger partial charge in [-0.3, -0.25) is 0 Å². The number of methoxy groups -OCH3 is 1. The zero-order chi connectivity index (χ0) is 17.1. The van der Waals surface area contributed by atoms with E-state index in [1.807, 2.05) is 18.2 Å². The second kappa shape index (κ2) is 6.86. The molecule has 3 aromatic rings. The molecule has 0 aliphatic heterocycles. The summed E-state index contributed by atoms with van der Waals surface area (Å²) in [5, 5.41) is 21.4. The lowest BCUT2D eigenvalue weighted by Crippen LogP contribution is -1.96. The number of aromatic amines is 1. The summed E-state index contributed by atoms with van der Waals surface area (Å²) in [4.78, 5) is 0. The minimum Gasteiger partial charge on any atom is -0.504 e. The average molecular weight is 361 g/mol. The van der Waals surface area contributed by atoms with Crippen molar-refractivity contribution in [2.75, 3.05) is 7.11 Å². The van der Waals surface area contributed by atoms with E-state index in [1.54, 1.807) is 24.4 Å². The van der Waals surface area contributed by atoms with Gasteiger partial charge >= 0.3 is 0 Å². The number of nitrogens with zero attached hydrogens (tertiary/aromatic N) is 3. The molecule has 2 aromatic carbocycles. The highest BCUT2D eigenvalue weighted by Crippen LogP contribution is 2.27. The zero-order valence-electron chi connectivity index (χ0n) is 12.6. The number of phenolic OH excluding ortho intramolecular Hbond substituents is 1. The molecule has 8 heteroatoms. The van der Waals surface area contributed by atoms with E-state index in [0.29, 0.717) is 26.9 Å². The Kier molecular flexibility index (Phi) is 4.64. The Morgan fingerprint density at radius 3 is 2.88 bits per heavy atom. The lowest BCUT2D eigenvalue weighted by atomic mass is 10.2. The Morgan fingerprint density at radius 1 is 1.33 bits per heavy atom. The molecule has 0 saturated carbocycles. The summed E-state index contributed by atoms with van der Waals surface area (Å²) in [5.41, 5.74) is 1.45. The van der Waals surface area contributed by atoms with Gasteiger partial charge in [-0.05, 0) is 48.1 Å². The normalized spacial score (nSPS) is 11.1. The van der Waals surface area contributed by atoms with Crippen LogP contribution in [0.3, 0.4) is 0 Å². The molecule has 0 unspecified atom stereocenters. The SMILES string of the molecule is COc1cc(/C=N\n2c(-c3ccccc3Cl)n[nH]c2=S)ccc1O. The smallest absolute Gasteiger partial charge is 0.216 e. The van der Waals surface area contributed by atoms with Crippen LogP contribution in [0.25, 0.3) is 11.4 Å². The number of ether oxygens (including phenoxy) is 1. The molecule has 0 fully saturated rings. The van der Waals surface area contributed by atoms with Crippen LogP contribution in [0.1, 0.15) is 5.56 Å². The van der Waals surface area contributed by atoms with Crippen molar-refractivity contribution in [1.29, 1.82) is 0 Å². The minimum absolute atomic E-state index is 0.0614. The van der Waals surface area contributed by atoms with Crippen LogP contribution in [0, 0.1) is 4.77 Å². The van der Waals surface area contributed by atoms with Crippen LogP contribution in [0.4, 0.5) is 0 Å². The number of phenols is 1. The number of aromatic hydroxyl groups is 1. The number of hydrogen-bond donors (Lipinski definition) is 2. The monoisotopic (exact) mass is 360 g/mol. The molecule has 2 N–H and O–H groups in total. The quantitative estimate of drug-likeness (QED) is 0.547. The summed E-state index contributed by atoms with van der Waals surface area (Å²) in [7, 11) is 1.48. The van der Waals surface area contributed by atoms with Gasteiger partial charge in [-0.15, -0.1) is 0 Å². The Labute approximate surface area is 148 Å². The van der Waals surface area contributed by atoms with Crippen LogP contribution in [0.2, 0.25) is 5.02 Å². The number of aromatic nitrogens is 3. The van der Waals surface area contributed by atoms with Gasteiger partial charge in [-0.25, -0.2) is 5.10 Å². The molecule has 122 valence electrons. The van der Waals surface area contributed by atoms with Crippen LogP contribution >= 0.6 is 23.8 Å². The maximum Gasteiger partial charge on any atom is 0.216 e. The fraction of sp³-hybridized carbons (Fsp3) is 0.0625. The predicted molar refractivity (Wildman–Crippen MR) is 95.5 cm³/mol. The molecule has 1 heterocycles. The van der Waals surface area contributed by atoms with Crippen LogP contribution in [0.5, 0.6) is 11.5 Å². The lowest BCUT2D eigenvalue weighted by molar-refractivity contribution is 0.373. The van der Waals surface area contributed by atoms with Crippen molar-refractivity contribution in [2.24, 2.45) is 5.10 Å². The molecule has 0 saturated heterocycles. The van der Waals surface area contributed by atoms with E-state index < -0.39 is 0 Å². The van der Waals surface area contributed by atoms with Gasteiger partial charge in [0.05, 0.1) is 18.3 Å². The van der Waals surface area contributed by atoms with E-state index in [9.17, 15) is 5.11 Å². The molecule has 0 aliphatic rings. The standard InChI is InChI=1S/C16H13ClN4O2S/c1-23-14-8-10(6-7-13(14)22)9-18-21-15(19-20-16(21)24)11-4-2-3-5-12(11)17/h2-9,22H,1H3,(H,20,24)/b18-9-. The number of H-pyrrole nitrogens is 1. The number of halogens is 1. The second-order valence-electron chi connectivity index (χ2n) is 4.82. The van der Waals surface area contributed by atoms with Crippen LogP contribution < -0.4 is 4.74 Å². The molecule has 3 rings (SSSR count). The zero-order valence-corrected chi connectivity index (χ0v) is 14.2. The Balaban J connectivity index is 2.01. The van der Waals surface area contributed by atoms with Gasteiger partial charge in [0.15, 0.2) is 17.3 Å². The molecule has 6 nitrogen and oxygen atoms in total. The first-order chi connectivity index (χ1) is 11.6. The molecule has 0 aliphatic carbocycles. The van der Waals surface area contributed by atoms with Crippen molar-refractivity contribution < 1.29 is 9.84 Å². The lowest BCUT2D eigenvalue weighted by Gasteiger charge is -2.04. The highest BCUT2D eigenvalue weighted by molar-refractivity contribution is 7.71. The fourth-order valence-electron chi connectivity index (χ4n) is 2.11. The maximum absolute atomic E-state index is 9.63. The Hall–Kier alpha value is -2.64. The Morgan fingerprint density at radius 2 is 2.12 bits per heavy atom. The van der Waals surface area contributed by atoms with Crippen molar-refractivity contribution in [3.05, 3.63) is 57.8 Å². The van der Waals surface area contributed by atoms with Crippen molar-refractivity contribution in [1.82, 2.24) is 14.9 Å². The van der Waals surface area contributed by atoms with E-state index >= 15 is 0 Å². The van der Waals surface area contributed by atoms with Crippen molar-refractivity contribution in [2.45, 2.75) is 0 Å². The van der Waals surface area contributed by atoms with Crippen molar-refractivity contribution >= 4 is 30.0 Å². The first-order valence-corrected chi connectivity index (χ1v) is 7.72. The maximum atomic E-state index is 9.63. The van der Waals surface area contributed by atoms with Crippen LogP contribution in [-0.2, 0) is 0 Å². The van der Waals surface area contributed by atoms with Gasteiger partial charge in [0.25, 0.3) is 0 Å². The topological polar surface area (TPSA) is 75.4 Å². The predicted octanol–water partition coefficient (Wildman–Crippen LogP) is 3.86. The summed E-state index contributed by atoms with van der Waals surface area (Å²) in [6.07, 6.45) is 1.59. The number of rotatable bonds is 4. The highest BCUT2D eigenvalue weighted by Gasteiger charge is 2.11. The largest absolute Gasteiger partial charge is 0.504 e. The van der Waals surface area contributed by atoms with E-state index in [0.717, 1.165) is 5.56 Å². The average Bonchev–Trinajstić information content (AvgIpc) is 2.95. The molecule has 1 aromatic heterocycles. The summed E-state index contributed by atoms with van der Waals surface area (Å²) in [6, 6.07) is 12.2. The highest BCUT2D eigenvalue weighted by atomic mass is 35.5. The summed E-state index contributed by atoms with van der Waals surface area (Å²) in [6.45, 7) is 0. The van der Waals surface area contributed by atoms with Gasteiger partial charge in [0.1, 0.15) is 0 Å². The number of benzene rings is 2. The molecular weight excluding hydrogens is 348 g/mol. The molecule has 0 radical (unpaired) electrons. The van der Waals surface area contributed by atoms with E-state index in [2.05, 4.69) is 15.3 Å². The summed E-state index contributed by atoms with van der Waals surface area (Å²) in [5.74, 6) is 0.931. The van der Waals surface area contributed by atoms with Gasteiger partial charge in [0, 0.05) is 5.56 Å². The number of nitrogens with one attached hydrogen (secondary N) is 1. The second-order valence-corrected chi connectivity index (χ2v) is 5.61. The third kappa shape index (κ3) is 3.17. The van der Waals surface area contributed by atoms with Gasteiger partial charge in [-0.2, -0.15) is 14.9 Å². The molecule has 0 bridgehead atoms. The van der Waals surface area contributed by atoms with Crippen molar-refractivity contribution in [3.8, 4) is 22.9 Å². The first kappa shape index (κ1) is 16.2. The summed E-state index contributed by atoms with van der Waals surface area (Å²) >= 11 is 11.4. The molecule has 0 atom stereocenters.